The van der Waals surface area contributed by atoms with Crippen molar-refractivity contribution in [3.05, 3.63) is 18.6 Å². The zero-order valence-corrected chi connectivity index (χ0v) is 13.8. The summed E-state index contributed by atoms with van der Waals surface area (Å²) in [6, 6.07) is 1.92. The topological polar surface area (TPSA) is 78.8 Å². The van der Waals surface area contributed by atoms with Crippen molar-refractivity contribution in [3.8, 4) is 0 Å². The number of aldehydes is 1. The lowest BCUT2D eigenvalue weighted by Gasteiger charge is -2.21. The highest BCUT2D eigenvalue weighted by Crippen LogP contribution is 2.40. The molecule has 2 aliphatic rings. The smallest absolute Gasteiger partial charge is 0.257 e. The van der Waals surface area contributed by atoms with Gasteiger partial charge in [-0.25, -0.2) is 4.98 Å². The van der Waals surface area contributed by atoms with Crippen LogP contribution in [0.15, 0.2) is 23.6 Å². The fourth-order valence-corrected chi connectivity index (χ4v) is 3.66. The molecular formula is C14H17N4O4S+. The standard InChI is InChI=1S/C14H17N4O4S/c1-14(2)21-10-9(6-19)20-13(11(10)22-14)17-5-4-8-12(23-3)15-7-16-18(8)17/h4-7,9-11,13H,1-3H3/q+1/t9-,10-,11-,13-/m1/s1. The summed E-state index contributed by atoms with van der Waals surface area (Å²) in [7, 11) is 0. The van der Waals surface area contributed by atoms with Gasteiger partial charge >= 0.3 is 0 Å². The quantitative estimate of drug-likeness (QED) is 0.454. The van der Waals surface area contributed by atoms with Crippen molar-refractivity contribution in [1.29, 1.82) is 0 Å². The van der Waals surface area contributed by atoms with E-state index in [1.54, 1.807) is 16.4 Å². The van der Waals surface area contributed by atoms with Gasteiger partial charge < -0.3 is 19.0 Å². The second-order valence-electron chi connectivity index (χ2n) is 5.93. The lowest BCUT2D eigenvalue weighted by Crippen LogP contribution is -2.50. The van der Waals surface area contributed by atoms with Crippen molar-refractivity contribution >= 4 is 23.6 Å². The molecule has 122 valence electrons. The maximum atomic E-state index is 11.3. The summed E-state index contributed by atoms with van der Waals surface area (Å²) in [6.45, 7) is 3.66. The van der Waals surface area contributed by atoms with Crippen LogP contribution in [-0.2, 0) is 19.0 Å². The van der Waals surface area contributed by atoms with Crippen LogP contribution in [-0.4, -0.2) is 51.4 Å². The molecule has 2 saturated heterocycles. The predicted octanol–water partition coefficient (Wildman–Crippen LogP) is 0.355. The van der Waals surface area contributed by atoms with Crippen LogP contribution in [0, 0.1) is 0 Å². The van der Waals surface area contributed by atoms with E-state index in [1.807, 2.05) is 37.0 Å². The molecule has 2 aromatic rings. The van der Waals surface area contributed by atoms with Gasteiger partial charge in [-0.1, -0.05) is 0 Å². The number of carbonyl (C=O) groups is 1. The van der Waals surface area contributed by atoms with Crippen LogP contribution < -0.4 is 4.68 Å². The van der Waals surface area contributed by atoms with Gasteiger partial charge in [-0.05, 0) is 24.7 Å². The molecule has 0 aromatic carbocycles. The second-order valence-corrected chi connectivity index (χ2v) is 6.73. The van der Waals surface area contributed by atoms with Crippen LogP contribution in [0.4, 0.5) is 0 Å². The molecule has 0 amide bonds. The Balaban J connectivity index is 1.77. The molecular weight excluding hydrogens is 320 g/mol. The molecule has 8 nitrogen and oxygen atoms in total. The Kier molecular flexibility index (Phi) is 3.41. The summed E-state index contributed by atoms with van der Waals surface area (Å²) in [5.74, 6) is -0.744. The maximum Gasteiger partial charge on any atom is 0.257 e. The lowest BCUT2D eigenvalue weighted by molar-refractivity contribution is -0.824. The van der Waals surface area contributed by atoms with E-state index in [-0.39, 0.29) is 6.10 Å². The van der Waals surface area contributed by atoms with Gasteiger partial charge in [-0.3, -0.25) is 0 Å². The highest BCUT2D eigenvalue weighted by Gasteiger charge is 2.58. The number of fused-ring (bicyclic) bond motifs is 2. The van der Waals surface area contributed by atoms with Crippen molar-refractivity contribution in [3.63, 3.8) is 0 Å². The molecule has 0 spiro atoms. The first-order valence-electron chi connectivity index (χ1n) is 7.28. The average molecular weight is 337 g/mol. The Morgan fingerprint density at radius 2 is 2.17 bits per heavy atom. The SMILES string of the molecule is CSc1ncnn2c1cc[n+]2[C@@H]1O[C@H](C=O)[C@H]2OC(C)(C)O[C@H]21. The molecule has 4 heterocycles. The van der Waals surface area contributed by atoms with Crippen LogP contribution >= 0.6 is 11.8 Å². The number of rotatable bonds is 3. The summed E-state index contributed by atoms with van der Waals surface area (Å²) in [5.41, 5.74) is 0.868. The van der Waals surface area contributed by atoms with E-state index in [2.05, 4.69) is 10.1 Å². The van der Waals surface area contributed by atoms with E-state index in [1.165, 1.54) is 6.33 Å². The molecule has 0 N–H and O–H groups in total. The van der Waals surface area contributed by atoms with Gasteiger partial charge in [0.25, 0.3) is 12.6 Å². The van der Waals surface area contributed by atoms with Gasteiger partial charge in [0.1, 0.15) is 23.4 Å². The van der Waals surface area contributed by atoms with E-state index in [0.29, 0.717) is 0 Å². The van der Waals surface area contributed by atoms with Crippen LogP contribution in [0.1, 0.15) is 20.1 Å². The van der Waals surface area contributed by atoms with Gasteiger partial charge in [-0.15, -0.1) is 16.4 Å². The summed E-state index contributed by atoms with van der Waals surface area (Å²) >= 11 is 1.54. The number of thioether (sulfide) groups is 1. The highest BCUT2D eigenvalue weighted by atomic mass is 32.2. The number of nitrogens with zero attached hydrogens (tertiary/aromatic N) is 4. The molecule has 2 aliphatic heterocycles. The summed E-state index contributed by atoms with van der Waals surface area (Å²) < 4.78 is 21.2. The van der Waals surface area contributed by atoms with Gasteiger partial charge in [0, 0.05) is 6.07 Å². The van der Waals surface area contributed by atoms with Crippen LogP contribution in [0.2, 0.25) is 0 Å². The second kappa shape index (κ2) is 5.23. The third-order valence-corrected chi connectivity index (χ3v) is 4.73. The molecule has 4 rings (SSSR count). The third kappa shape index (κ3) is 2.26. The van der Waals surface area contributed by atoms with Crippen molar-refractivity contribution < 1.29 is 23.7 Å². The normalized spacial score (nSPS) is 32.3. The van der Waals surface area contributed by atoms with Gasteiger partial charge in [0.15, 0.2) is 23.7 Å². The van der Waals surface area contributed by atoms with Gasteiger partial charge in [0.05, 0.1) is 5.10 Å². The van der Waals surface area contributed by atoms with Crippen LogP contribution in [0.25, 0.3) is 5.52 Å². The van der Waals surface area contributed by atoms with E-state index < -0.39 is 24.2 Å². The van der Waals surface area contributed by atoms with E-state index in [9.17, 15) is 4.79 Å². The molecule has 2 fully saturated rings. The highest BCUT2D eigenvalue weighted by molar-refractivity contribution is 7.98. The number of ether oxygens (including phenoxy) is 3. The largest absolute Gasteiger partial charge is 0.341 e. The van der Waals surface area contributed by atoms with Gasteiger partial charge in [0.2, 0.25) is 0 Å². The molecule has 23 heavy (non-hydrogen) atoms. The number of hydrogen-bond donors (Lipinski definition) is 0. The first-order chi connectivity index (χ1) is 11.0. The molecule has 0 unspecified atom stereocenters. The summed E-state index contributed by atoms with van der Waals surface area (Å²) in [4.78, 5) is 15.6. The zero-order chi connectivity index (χ0) is 16.2. The molecule has 0 bridgehead atoms. The van der Waals surface area contributed by atoms with Gasteiger partial charge in [-0.2, -0.15) is 0 Å². The minimum absolute atomic E-state index is 0.379. The molecule has 2 aromatic heterocycles. The maximum absolute atomic E-state index is 11.3. The first-order valence-corrected chi connectivity index (χ1v) is 8.51. The zero-order valence-electron chi connectivity index (χ0n) is 12.9. The fourth-order valence-electron chi connectivity index (χ4n) is 3.15. The number of carbonyl (C=O) groups excluding carboxylic acids is 1. The molecule has 4 atom stereocenters. The average Bonchev–Trinajstić information content (AvgIpc) is 3.17. The summed E-state index contributed by atoms with van der Waals surface area (Å²) in [6.07, 6.45) is 4.11. The molecule has 0 aliphatic carbocycles. The predicted molar refractivity (Wildman–Crippen MR) is 78.8 cm³/mol. The van der Waals surface area contributed by atoms with E-state index in [4.69, 9.17) is 14.2 Å². The summed E-state index contributed by atoms with van der Waals surface area (Å²) in [5, 5.41) is 5.15. The van der Waals surface area contributed by atoms with Crippen molar-refractivity contribution in [2.24, 2.45) is 0 Å². The lowest BCUT2D eigenvalue weighted by atomic mass is 10.1. The Morgan fingerprint density at radius 1 is 1.39 bits per heavy atom. The minimum atomic E-state index is -0.744. The van der Waals surface area contributed by atoms with E-state index in [0.717, 1.165) is 16.8 Å². The molecule has 0 saturated carbocycles. The Morgan fingerprint density at radius 3 is 2.91 bits per heavy atom. The Bertz CT molecular complexity index is 764. The van der Waals surface area contributed by atoms with Crippen molar-refractivity contribution in [1.82, 2.24) is 14.7 Å². The Labute approximate surface area is 136 Å². The van der Waals surface area contributed by atoms with Crippen LogP contribution in [0.5, 0.6) is 0 Å². The van der Waals surface area contributed by atoms with Crippen molar-refractivity contribution in [2.75, 3.05) is 6.26 Å². The monoisotopic (exact) mass is 337 g/mol. The fraction of sp³-hybridized carbons (Fsp3) is 0.571. The third-order valence-electron chi connectivity index (χ3n) is 4.03. The first kappa shape index (κ1) is 15.0. The number of hydrogen-bond acceptors (Lipinski definition) is 7. The van der Waals surface area contributed by atoms with E-state index >= 15 is 0 Å². The van der Waals surface area contributed by atoms with Crippen molar-refractivity contribution in [2.45, 2.75) is 49.2 Å². The minimum Gasteiger partial charge on any atom is -0.341 e. The Hall–Kier alpha value is -1.55. The number of aromatic nitrogens is 4. The molecule has 0 radical (unpaired) electrons. The molecule has 9 heteroatoms. The van der Waals surface area contributed by atoms with Crippen LogP contribution in [0.3, 0.4) is 0 Å².